The van der Waals surface area contributed by atoms with Crippen molar-refractivity contribution in [1.29, 1.82) is 0 Å². The van der Waals surface area contributed by atoms with E-state index >= 15 is 0 Å². The number of aliphatic hydroxyl groups is 1. The molecule has 0 spiro atoms. The second kappa shape index (κ2) is 6.72. The SMILES string of the molecule is CC(O)c1c(C(=O)N(C(C)C)C(C)C)cnc2c3ccccc3n(C)c12. The summed E-state index contributed by atoms with van der Waals surface area (Å²) in [6.07, 6.45) is 0.848. The second-order valence-corrected chi connectivity index (χ2v) is 7.43. The van der Waals surface area contributed by atoms with Crippen LogP contribution in [-0.4, -0.2) is 37.5 Å². The molecule has 2 aromatic heterocycles. The largest absolute Gasteiger partial charge is 0.389 e. The van der Waals surface area contributed by atoms with Gasteiger partial charge in [-0.1, -0.05) is 18.2 Å². The van der Waals surface area contributed by atoms with Crippen molar-refractivity contribution in [3.8, 4) is 0 Å². The fourth-order valence-electron chi connectivity index (χ4n) is 3.94. The fraction of sp³-hybridized carbons (Fsp3) is 0.429. The molecule has 3 rings (SSSR count). The number of hydrogen-bond acceptors (Lipinski definition) is 3. The van der Waals surface area contributed by atoms with E-state index in [0.29, 0.717) is 11.1 Å². The van der Waals surface area contributed by atoms with Gasteiger partial charge in [0.1, 0.15) is 0 Å². The predicted molar refractivity (Wildman–Crippen MR) is 105 cm³/mol. The molecule has 3 aromatic rings. The Morgan fingerprint density at radius 2 is 1.73 bits per heavy atom. The zero-order chi connectivity index (χ0) is 19.2. The van der Waals surface area contributed by atoms with Crippen LogP contribution in [0.15, 0.2) is 30.5 Å². The van der Waals surface area contributed by atoms with E-state index in [1.54, 1.807) is 13.1 Å². The molecule has 5 nitrogen and oxygen atoms in total. The molecule has 0 aliphatic carbocycles. The third-order valence-corrected chi connectivity index (χ3v) is 4.94. The predicted octanol–water partition coefficient (Wildman–Crippen LogP) is 4.04. The number of amides is 1. The quantitative estimate of drug-likeness (QED) is 0.770. The van der Waals surface area contributed by atoms with Gasteiger partial charge in [-0.05, 0) is 40.7 Å². The summed E-state index contributed by atoms with van der Waals surface area (Å²) in [4.78, 5) is 19.7. The lowest BCUT2D eigenvalue weighted by Crippen LogP contribution is -2.42. The van der Waals surface area contributed by atoms with Crippen molar-refractivity contribution in [3.63, 3.8) is 0 Å². The Hall–Kier alpha value is -2.40. The smallest absolute Gasteiger partial charge is 0.256 e. The first-order valence-corrected chi connectivity index (χ1v) is 9.12. The lowest BCUT2D eigenvalue weighted by molar-refractivity contribution is 0.0637. The van der Waals surface area contributed by atoms with Crippen LogP contribution in [-0.2, 0) is 7.05 Å². The van der Waals surface area contributed by atoms with Gasteiger partial charge in [0.2, 0.25) is 0 Å². The van der Waals surface area contributed by atoms with Gasteiger partial charge in [0.25, 0.3) is 5.91 Å². The summed E-state index contributed by atoms with van der Waals surface area (Å²) in [5.74, 6) is -0.0921. The zero-order valence-electron chi connectivity index (χ0n) is 16.3. The highest BCUT2D eigenvalue weighted by atomic mass is 16.3. The summed E-state index contributed by atoms with van der Waals surface area (Å²) in [5, 5.41) is 11.6. The van der Waals surface area contributed by atoms with Crippen molar-refractivity contribution in [2.75, 3.05) is 0 Å². The van der Waals surface area contributed by atoms with Crippen molar-refractivity contribution in [2.45, 2.75) is 52.8 Å². The van der Waals surface area contributed by atoms with Gasteiger partial charge in [-0.3, -0.25) is 9.78 Å². The van der Waals surface area contributed by atoms with E-state index < -0.39 is 6.10 Å². The number of carbonyl (C=O) groups excluding carboxylic acids is 1. The van der Waals surface area contributed by atoms with Crippen molar-refractivity contribution in [2.24, 2.45) is 7.05 Å². The molecule has 0 saturated heterocycles. The summed E-state index contributed by atoms with van der Waals surface area (Å²) < 4.78 is 2.02. The summed E-state index contributed by atoms with van der Waals surface area (Å²) in [6, 6.07) is 8.13. The third-order valence-electron chi connectivity index (χ3n) is 4.94. The highest BCUT2D eigenvalue weighted by Crippen LogP contribution is 2.34. The molecule has 1 unspecified atom stereocenters. The second-order valence-electron chi connectivity index (χ2n) is 7.43. The van der Waals surface area contributed by atoms with Gasteiger partial charge < -0.3 is 14.6 Å². The lowest BCUT2D eigenvalue weighted by atomic mass is 10.0. The number of nitrogens with zero attached hydrogens (tertiary/aromatic N) is 3. The highest BCUT2D eigenvalue weighted by molar-refractivity contribution is 6.09. The number of aromatic nitrogens is 2. The van der Waals surface area contributed by atoms with Crippen molar-refractivity contribution >= 4 is 27.8 Å². The highest BCUT2D eigenvalue weighted by Gasteiger charge is 2.28. The van der Waals surface area contributed by atoms with Crippen molar-refractivity contribution < 1.29 is 9.90 Å². The number of para-hydroxylation sites is 1. The van der Waals surface area contributed by atoms with Gasteiger partial charge in [0.15, 0.2) is 0 Å². The van der Waals surface area contributed by atoms with Gasteiger partial charge in [-0.25, -0.2) is 0 Å². The molecule has 1 amide bonds. The van der Waals surface area contributed by atoms with Gasteiger partial charge in [-0.15, -0.1) is 0 Å². The van der Waals surface area contributed by atoms with Crippen LogP contribution in [0.25, 0.3) is 21.9 Å². The van der Waals surface area contributed by atoms with Crippen LogP contribution in [0, 0.1) is 0 Å². The summed E-state index contributed by atoms with van der Waals surface area (Å²) in [7, 11) is 1.95. The van der Waals surface area contributed by atoms with Crippen LogP contribution in [0.1, 0.15) is 56.6 Å². The summed E-state index contributed by atoms with van der Waals surface area (Å²) in [5.41, 5.74) is 3.78. The Balaban J connectivity index is 2.34. The van der Waals surface area contributed by atoms with Crippen molar-refractivity contribution in [3.05, 3.63) is 41.6 Å². The average Bonchev–Trinajstić information content (AvgIpc) is 2.86. The van der Waals surface area contributed by atoms with E-state index in [1.165, 1.54) is 0 Å². The van der Waals surface area contributed by atoms with E-state index in [4.69, 9.17) is 0 Å². The molecule has 26 heavy (non-hydrogen) atoms. The number of hydrogen-bond donors (Lipinski definition) is 1. The molecule has 0 radical (unpaired) electrons. The Kier molecular flexibility index (Phi) is 4.76. The minimum absolute atomic E-state index is 0.0625. The number of carbonyl (C=O) groups is 1. The molecule has 1 N–H and O–H groups in total. The van der Waals surface area contributed by atoms with E-state index in [9.17, 15) is 9.90 Å². The zero-order valence-corrected chi connectivity index (χ0v) is 16.3. The van der Waals surface area contributed by atoms with Gasteiger partial charge in [0.05, 0.1) is 28.2 Å². The molecule has 2 heterocycles. The van der Waals surface area contributed by atoms with Crippen LogP contribution in [0.3, 0.4) is 0 Å². The van der Waals surface area contributed by atoms with Crippen molar-refractivity contribution in [1.82, 2.24) is 14.5 Å². The minimum Gasteiger partial charge on any atom is -0.389 e. The Labute approximate surface area is 154 Å². The first-order valence-electron chi connectivity index (χ1n) is 9.12. The molecular formula is C21H27N3O2. The van der Waals surface area contributed by atoms with Crippen LogP contribution < -0.4 is 0 Å². The van der Waals surface area contributed by atoms with Crippen LogP contribution in [0.5, 0.6) is 0 Å². The minimum atomic E-state index is -0.774. The normalized spacial score (nSPS) is 13.1. The topological polar surface area (TPSA) is 58.4 Å². The van der Waals surface area contributed by atoms with Gasteiger partial charge >= 0.3 is 0 Å². The molecule has 0 saturated carbocycles. The summed E-state index contributed by atoms with van der Waals surface area (Å²) in [6.45, 7) is 9.72. The molecular weight excluding hydrogens is 326 g/mol. The molecule has 138 valence electrons. The number of aliphatic hydroxyl groups excluding tert-OH is 1. The Morgan fingerprint density at radius 1 is 1.12 bits per heavy atom. The molecule has 0 fully saturated rings. The van der Waals surface area contributed by atoms with Gasteiger partial charge in [-0.2, -0.15) is 0 Å². The van der Waals surface area contributed by atoms with Crippen LogP contribution in [0.2, 0.25) is 0 Å². The summed E-state index contributed by atoms with van der Waals surface area (Å²) >= 11 is 0. The van der Waals surface area contributed by atoms with E-state index in [2.05, 4.69) is 4.98 Å². The molecule has 1 atom stereocenters. The third kappa shape index (κ3) is 2.76. The maximum Gasteiger partial charge on any atom is 0.256 e. The van der Waals surface area contributed by atoms with E-state index in [1.807, 2.05) is 68.5 Å². The molecule has 0 bridgehead atoms. The first kappa shape index (κ1) is 18.4. The average molecular weight is 353 g/mol. The van der Waals surface area contributed by atoms with Crippen LogP contribution >= 0.6 is 0 Å². The molecule has 5 heteroatoms. The number of rotatable bonds is 4. The molecule has 0 aliphatic heterocycles. The first-order chi connectivity index (χ1) is 12.3. The Bertz CT molecular complexity index is 962. The Morgan fingerprint density at radius 3 is 2.31 bits per heavy atom. The fourth-order valence-corrected chi connectivity index (χ4v) is 3.94. The van der Waals surface area contributed by atoms with Crippen LogP contribution in [0.4, 0.5) is 0 Å². The van der Waals surface area contributed by atoms with E-state index in [-0.39, 0.29) is 18.0 Å². The molecule has 1 aromatic carbocycles. The number of pyridine rings is 1. The number of benzene rings is 1. The number of aryl methyl sites for hydroxylation is 1. The maximum absolute atomic E-state index is 13.3. The lowest BCUT2D eigenvalue weighted by Gasteiger charge is -2.31. The van der Waals surface area contributed by atoms with E-state index in [0.717, 1.165) is 21.9 Å². The van der Waals surface area contributed by atoms with Gasteiger partial charge in [0, 0.05) is 36.3 Å². The standard InChI is InChI=1S/C21H27N3O2/c1-12(2)24(13(3)4)21(26)16-11-22-19-15-9-7-8-10-17(15)23(6)20(19)18(16)14(5)25/h7-14,25H,1-6H3. The monoisotopic (exact) mass is 353 g/mol. The number of fused-ring (bicyclic) bond motifs is 3. The maximum atomic E-state index is 13.3. The molecule has 0 aliphatic rings.